The number of hydrogen-bond acceptors (Lipinski definition) is 5. The van der Waals surface area contributed by atoms with Gasteiger partial charge in [-0.15, -0.1) is 0 Å². The highest BCUT2D eigenvalue weighted by atomic mass is 16.3. The molecule has 122 valence electrons. The van der Waals surface area contributed by atoms with Crippen LogP contribution in [0.2, 0.25) is 0 Å². The van der Waals surface area contributed by atoms with E-state index in [1.807, 2.05) is 0 Å². The number of rotatable bonds is 4. The van der Waals surface area contributed by atoms with Crippen LogP contribution in [0.3, 0.4) is 0 Å². The maximum absolute atomic E-state index is 12.3. The smallest absolute Gasteiger partial charge is 0.247 e. The number of carbonyl (C=O) groups is 4. The van der Waals surface area contributed by atoms with E-state index in [1.165, 1.54) is 18.7 Å². The van der Waals surface area contributed by atoms with Crippen LogP contribution in [0.1, 0.15) is 20.3 Å². The van der Waals surface area contributed by atoms with Gasteiger partial charge in [0.2, 0.25) is 23.6 Å². The molecule has 2 rings (SSSR count). The zero-order chi connectivity index (χ0) is 16.7. The second kappa shape index (κ2) is 5.56. The van der Waals surface area contributed by atoms with Crippen LogP contribution in [0, 0.1) is 5.92 Å². The molecule has 3 unspecified atom stereocenters. The number of nitrogens with two attached hydrogens (primary N) is 1. The molecular weight excluding hydrogens is 292 g/mol. The van der Waals surface area contributed by atoms with Gasteiger partial charge in [0.05, 0.1) is 18.6 Å². The molecule has 4 amide bonds. The standard InChI is InChI=1S/C13H20N4O5/c1-6(18)9(10(14)20)16-11(21)8-3-13(5-15-12(13)22)17(4-8)7(2)19/h6,8-9,18H,3-5H2,1-2H3,(H2,14,20)(H,15,22)(H,16,21)/t6-,8?,9?,13?/m1/s1. The highest BCUT2D eigenvalue weighted by Crippen LogP contribution is 2.37. The Kier molecular flexibility index (Phi) is 4.10. The molecule has 9 heteroatoms. The summed E-state index contributed by atoms with van der Waals surface area (Å²) >= 11 is 0. The minimum Gasteiger partial charge on any atom is -0.391 e. The normalized spacial score (nSPS) is 29.5. The molecule has 9 nitrogen and oxygen atoms in total. The van der Waals surface area contributed by atoms with Crippen molar-refractivity contribution in [3.8, 4) is 0 Å². The summed E-state index contributed by atoms with van der Waals surface area (Å²) in [6.45, 7) is 3.09. The Morgan fingerprint density at radius 2 is 2.14 bits per heavy atom. The van der Waals surface area contributed by atoms with Crippen LogP contribution in [0.15, 0.2) is 0 Å². The summed E-state index contributed by atoms with van der Waals surface area (Å²) in [7, 11) is 0. The number of nitrogens with one attached hydrogen (secondary N) is 2. The predicted octanol–water partition coefficient (Wildman–Crippen LogP) is -2.93. The number of amides is 4. The second-order valence-corrected chi connectivity index (χ2v) is 5.87. The fourth-order valence-electron chi connectivity index (χ4n) is 3.03. The van der Waals surface area contributed by atoms with Crippen LogP contribution in [0.25, 0.3) is 0 Å². The van der Waals surface area contributed by atoms with Crippen LogP contribution >= 0.6 is 0 Å². The fraction of sp³-hybridized carbons (Fsp3) is 0.692. The van der Waals surface area contributed by atoms with Gasteiger partial charge in [0.15, 0.2) is 0 Å². The quantitative estimate of drug-likeness (QED) is 0.411. The van der Waals surface area contributed by atoms with Crippen LogP contribution in [-0.4, -0.2) is 64.4 Å². The third-order valence-electron chi connectivity index (χ3n) is 4.31. The molecule has 0 saturated carbocycles. The van der Waals surface area contributed by atoms with E-state index >= 15 is 0 Å². The van der Waals surface area contributed by atoms with Crippen molar-refractivity contribution in [3.63, 3.8) is 0 Å². The topological polar surface area (TPSA) is 142 Å². The van der Waals surface area contributed by atoms with Crippen molar-refractivity contribution in [1.82, 2.24) is 15.5 Å². The molecule has 5 N–H and O–H groups in total. The van der Waals surface area contributed by atoms with E-state index in [2.05, 4.69) is 10.6 Å². The molecule has 0 aromatic carbocycles. The van der Waals surface area contributed by atoms with Crippen molar-refractivity contribution < 1.29 is 24.3 Å². The van der Waals surface area contributed by atoms with Gasteiger partial charge >= 0.3 is 0 Å². The Hall–Kier alpha value is -2.16. The molecule has 0 bridgehead atoms. The summed E-state index contributed by atoms with van der Waals surface area (Å²) in [6.07, 6.45) is -0.942. The summed E-state index contributed by atoms with van der Waals surface area (Å²) in [4.78, 5) is 48.4. The maximum Gasteiger partial charge on any atom is 0.247 e. The van der Waals surface area contributed by atoms with Gasteiger partial charge in [0.25, 0.3) is 0 Å². The fourth-order valence-corrected chi connectivity index (χ4v) is 3.03. The monoisotopic (exact) mass is 312 g/mol. The minimum absolute atomic E-state index is 0.0971. The molecule has 2 saturated heterocycles. The van der Waals surface area contributed by atoms with Crippen molar-refractivity contribution in [2.24, 2.45) is 11.7 Å². The molecule has 2 aliphatic heterocycles. The highest BCUT2D eigenvalue weighted by Gasteiger charge is 2.59. The molecule has 1 spiro atoms. The van der Waals surface area contributed by atoms with Crippen LogP contribution in [0.5, 0.6) is 0 Å². The Labute approximate surface area is 127 Å². The van der Waals surface area contributed by atoms with Gasteiger partial charge in [-0.1, -0.05) is 0 Å². The molecule has 0 aromatic heterocycles. The summed E-state index contributed by atoms with van der Waals surface area (Å²) in [6, 6.07) is -1.20. The van der Waals surface area contributed by atoms with Gasteiger partial charge in [-0.2, -0.15) is 0 Å². The van der Waals surface area contributed by atoms with E-state index in [4.69, 9.17) is 5.73 Å². The zero-order valence-corrected chi connectivity index (χ0v) is 12.5. The first-order valence-electron chi connectivity index (χ1n) is 7.03. The van der Waals surface area contributed by atoms with Crippen LogP contribution in [0.4, 0.5) is 0 Å². The number of aliphatic hydroxyl groups is 1. The SMILES string of the molecule is CC(=O)N1CC(C(=O)NC(C(N)=O)[C@@H](C)O)CC12CNC2=O. The van der Waals surface area contributed by atoms with Gasteiger partial charge < -0.3 is 26.4 Å². The van der Waals surface area contributed by atoms with Crippen LogP contribution < -0.4 is 16.4 Å². The molecule has 0 radical (unpaired) electrons. The van der Waals surface area contributed by atoms with E-state index in [1.54, 1.807) is 0 Å². The van der Waals surface area contributed by atoms with Crippen molar-refractivity contribution in [2.75, 3.05) is 13.1 Å². The van der Waals surface area contributed by atoms with Crippen molar-refractivity contribution in [3.05, 3.63) is 0 Å². The Bertz CT molecular complexity index is 535. The molecule has 2 fully saturated rings. The van der Waals surface area contributed by atoms with E-state index in [0.717, 1.165) is 0 Å². The summed E-state index contributed by atoms with van der Waals surface area (Å²) in [5, 5.41) is 14.4. The van der Waals surface area contributed by atoms with E-state index in [0.29, 0.717) is 6.54 Å². The highest BCUT2D eigenvalue weighted by molar-refractivity contribution is 5.98. The summed E-state index contributed by atoms with van der Waals surface area (Å²) < 4.78 is 0. The number of nitrogens with zero attached hydrogens (tertiary/aromatic N) is 1. The summed E-state index contributed by atoms with van der Waals surface area (Å²) in [5.41, 5.74) is 4.16. The number of carbonyl (C=O) groups excluding carboxylic acids is 4. The van der Waals surface area contributed by atoms with Gasteiger partial charge in [0, 0.05) is 13.5 Å². The average molecular weight is 312 g/mol. The van der Waals surface area contributed by atoms with Crippen molar-refractivity contribution in [1.29, 1.82) is 0 Å². The lowest BCUT2D eigenvalue weighted by Crippen LogP contribution is -2.71. The number of likely N-dealkylation sites (tertiary alicyclic amines) is 1. The molecule has 4 atom stereocenters. The van der Waals surface area contributed by atoms with Gasteiger partial charge in [-0.05, 0) is 13.3 Å². The third kappa shape index (κ3) is 2.52. The van der Waals surface area contributed by atoms with Gasteiger partial charge in [-0.25, -0.2) is 0 Å². The molecule has 2 aliphatic rings. The number of β-lactam (4-membered cyclic amide) rings is 1. The summed E-state index contributed by atoms with van der Waals surface area (Å²) in [5.74, 6) is -2.55. The van der Waals surface area contributed by atoms with E-state index in [9.17, 15) is 24.3 Å². The lowest BCUT2D eigenvalue weighted by molar-refractivity contribution is -0.150. The largest absolute Gasteiger partial charge is 0.391 e. The Balaban J connectivity index is 2.11. The minimum atomic E-state index is -1.20. The molecule has 2 heterocycles. The van der Waals surface area contributed by atoms with E-state index < -0.39 is 35.4 Å². The average Bonchev–Trinajstić information content (AvgIpc) is 2.85. The first-order valence-corrected chi connectivity index (χ1v) is 7.03. The van der Waals surface area contributed by atoms with E-state index in [-0.39, 0.29) is 24.8 Å². The number of primary amides is 1. The number of hydrogen-bond donors (Lipinski definition) is 4. The second-order valence-electron chi connectivity index (χ2n) is 5.87. The maximum atomic E-state index is 12.3. The van der Waals surface area contributed by atoms with Gasteiger partial charge in [0.1, 0.15) is 11.6 Å². The first-order chi connectivity index (χ1) is 10.2. The molecule has 0 aromatic rings. The Morgan fingerprint density at radius 3 is 2.45 bits per heavy atom. The first kappa shape index (κ1) is 16.2. The molecular formula is C13H20N4O5. The lowest BCUT2D eigenvalue weighted by Gasteiger charge is -2.43. The zero-order valence-electron chi connectivity index (χ0n) is 12.5. The van der Waals surface area contributed by atoms with Crippen molar-refractivity contribution >= 4 is 23.6 Å². The van der Waals surface area contributed by atoms with Gasteiger partial charge in [-0.3, -0.25) is 19.2 Å². The number of aliphatic hydroxyl groups excluding tert-OH is 1. The molecule has 0 aliphatic carbocycles. The Morgan fingerprint density at radius 1 is 1.50 bits per heavy atom. The molecule has 22 heavy (non-hydrogen) atoms. The third-order valence-corrected chi connectivity index (χ3v) is 4.31. The van der Waals surface area contributed by atoms with Crippen LogP contribution in [-0.2, 0) is 19.2 Å². The van der Waals surface area contributed by atoms with Crippen molar-refractivity contribution in [2.45, 2.75) is 38.0 Å². The lowest BCUT2D eigenvalue weighted by atomic mass is 9.85. The predicted molar refractivity (Wildman–Crippen MR) is 74.0 cm³/mol.